The van der Waals surface area contributed by atoms with Gasteiger partial charge in [0.15, 0.2) is 12.0 Å². The molecule has 5 heteroatoms. The number of fused-ring (bicyclic) bond motifs is 1. The van der Waals surface area contributed by atoms with Gasteiger partial charge in [-0.05, 0) is 18.2 Å². The Morgan fingerprint density at radius 3 is 2.86 bits per heavy atom. The second-order valence-electron chi connectivity index (χ2n) is 2.90. The van der Waals surface area contributed by atoms with Crippen molar-refractivity contribution in [3.8, 4) is 0 Å². The van der Waals surface area contributed by atoms with Crippen LogP contribution in [0, 0.1) is 0 Å². The Morgan fingerprint density at radius 1 is 1.36 bits per heavy atom. The molecule has 0 amide bonds. The highest BCUT2D eigenvalue weighted by Crippen LogP contribution is 2.24. The molecule has 0 radical (unpaired) electrons. The number of aliphatic hydroxyl groups excluding tert-OH is 1. The maximum absolute atomic E-state index is 9.23. The average Bonchev–Trinajstić information content (AvgIpc) is 2.59. The molecule has 0 aliphatic carbocycles. The van der Waals surface area contributed by atoms with Gasteiger partial charge in [-0.1, -0.05) is 6.07 Å². The predicted molar refractivity (Wildman–Crippen MR) is 53.3 cm³/mol. The fourth-order valence-electron chi connectivity index (χ4n) is 1.24. The minimum Gasteiger partial charge on any atom is -0.457 e. The van der Waals surface area contributed by atoms with Gasteiger partial charge < -0.3 is 14.7 Å². The summed E-state index contributed by atoms with van der Waals surface area (Å²) in [6, 6.07) is 7.04. The van der Waals surface area contributed by atoms with Crippen molar-refractivity contribution in [1.29, 1.82) is 0 Å². The number of hydroxylamine groups is 1. The second kappa shape index (κ2) is 3.62. The largest absolute Gasteiger partial charge is 0.457 e. The lowest BCUT2D eigenvalue weighted by Gasteiger charge is -2.01. The summed E-state index contributed by atoms with van der Waals surface area (Å²) < 4.78 is 5.28. The Morgan fingerprint density at radius 2 is 2.14 bits per heavy atom. The van der Waals surface area contributed by atoms with Crippen molar-refractivity contribution in [3.05, 3.63) is 30.0 Å². The van der Waals surface area contributed by atoms with Gasteiger partial charge in [-0.3, -0.25) is 0 Å². The smallest absolute Gasteiger partial charge is 0.185 e. The van der Waals surface area contributed by atoms with Gasteiger partial charge in [0.25, 0.3) is 0 Å². The van der Waals surface area contributed by atoms with Crippen molar-refractivity contribution in [1.82, 2.24) is 5.48 Å². The lowest BCUT2D eigenvalue weighted by atomic mass is 10.2. The Balaban J connectivity index is 2.51. The molecule has 74 valence electrons. The molecular formula is C9H9NO3S. The number of hydrogen-bond donors (Lipinski definition) is 4. The zero-order valence-electron chi connectivity index (χ0n) is 7.14. The van der Waals surface area contributed by atoms with E-state index >= 15 is 0 Å². The molecule has 1 aromatic heterocycles. The van der Waals surface area contributed by atoms with Crippen molar-refractivity contribution < 1.29 is 14.7 Å². The first-order valence-corrected chi connectivity index (χ1v) is 4.45. The van der Waals surface area contributed by atoms with Crippen LogP contribution in [0.1, 0.15) is 12.0 Å². The molecule has 0 saturated heterocycles. The fourth-order valence-corrected chi connectivity index (χ4v) is 1.43. The predicted octanol–water partition coefficient (Wildman–Crippen LogP) is 1.69. The van der Waals surface area contributed by atoms with Gasteiger partial charge in [0.05, 0.1) is 0 Å². The van der Waals surface area contributed by atoms with Crippen molar-refractivity contribution in [2.75, 3.05) is 0 Å². The summed E-state index contributed by atoms with van der Waals surface area (Å²) in [7, 11) is 0. The van der Waals surface area contributed by atoms with Crippen LogP contribution in [0.25, 0.3) is 11.0 Å². The molecule has 4 nitrogen and oxygen atoms in total. The van der Waals surface area contributed by atoms with Gasteiger partial charge in [0.1, 0.15) is 5.58 Å². The number of rotatable bonds is 2. The molecular weight excluding hydrogens is 202 g/mol. The molecule has 0 bridgehead atoms. The van der Waals surface area contributed by atoms with Gasteiger partial charge in [-0.25, -0.2) is 0 Å². The highest BCUT2D eigenvalue weighted by molar-refractivity contribution is 7.80. The highest BCUT2D eigenvalue weighted by Gasteiger charge is 2.11. The maximum atomic E-state index is 9.23. The van der Waals surface area contributed by atoms with E-state index in [4.69, 9.17) is 9.62 Å². The Hall–Kier alpha value is -1.01. The first-order chi connectivity index (χ1) is 6.70. The summed E-state index contributed by atoms with van der Waals surface area (Å²) in [6.07, 6.45) is -1.20. The van der Waals surface area contributed by atoms with Crippen molar-refractivity contribution in [2.24, 2.45) is 0 Å². The van der Waals surface area contributed by atoms with E-state index in [0.29, 0.717) is 5.58 Å². The van der Waals surface area contributed by atoms with Crippen molar-refractivity contribution in [3.63, 3.8) is 0 Å². The van der Waals surface area contributed by atoms with E-state index in [9.17, 15) is 5.11 Å². The van der Waals surface area contributed by atoms with E-state index in [1.165, 1.54) is 0 Å². The van der Waals surface area contributed by atoms with E-state index in [1.54, 1.807) is 17.6 Å². The first-order valence-electron chi connectivity index (χ1n) is 4.01. The summed E-state index contributed by atoms with van der Waals surface area (Å²) >= 11 is 4.16. The van der Waals surface area contributed by atoms with Gasteiger partial charge in [0.2, 0.25) is 0 Å². The maximum Gasteiger partial charge on any atom is 0.185 e. The minimum absolute atomic E-state index is 0.265. The number of thiol groups is 1. The monoisotopic (exact) mass is 211 g/mol. The van der Waals surface area contributed by atoms with Crippen LogP contribution in [-0.4, -0.2) is 10.3 Å². The van der Waals surface area contributed by atoms with E-state index in [0.717, 1.165) is 10.3 Å². The molecule has 3 N–H and O–H groups in total. The van der Waals surface area contributed by atoms with E-state index in [2.05, 4.69) is 12.6 Å². The molecule has 0 fully saturated rings. The van der Waals surface area contributed by atoms with E-state index in [-0.39, 0.29) is 5.76 Å². The van der Waals surface area contributed by atoms with Gasteiger partial charge in [-0.2, -0.15) is 5.48 Å². The quantitative estimate of drug-likeness (QED) is 0.347. The van der Waals surface area contributed by atoms with Gasteiger partial charge in [0, 0.05) is 10.3 Å². The zero-order valence-corrected chi connectivity index (χ0v) is 8.03. The molecule has 0 aliphatic heterocycles. The Bertz CT molecular complexity index is 454. The molecule has 1 atom stereocenters. The number of hydrogen-bond acceptors (Lipinski definition) is 5. The molecule has 2 aromatic rings. The molecule has 14 heavy (non-hydrogen) atoms. The topological polar surface area (TPSA) is 65.6 Å². The average molecular weight is 211 g/mol. The lowest BCUT2D eigenvalue weighted by molar-refractivity contribution is -0.0110. The van der Waals surface area contributed by atoms with Crippen LogP contribution in [-0.2, 0) is 0 Å². The summed E-state index contributed by atoms with van der Waals surface area (Å²) in [4.78, 5) is 0.782. The third-order valence-corrected chi connectivity index (χ3v) is 2.19. The molecule has 1 heterocycles. The third-order valence-electron chi connectivity index (χ3n) is 1.91. The zero-order chi connectivity index (χ0) is 10.1. The van der Waals surface area contributed by atoms with Crippen LogP contribution < -0.4 is 5.48 Å². The molecule has 0 aliphatic rings. The standard InChI is InChI=1S/C9H9NO3S/c11-9(10-12)8-3-5-1-2-6(14)4-7(5)13-8/h1-4,9-12,14H. The van der Waals surface area contributed by atoms with Crippen LogP contribution in [0.4, 0.5) is 0 Å². The molecule has 2 rings (SSSR count). The summed E-state index contributed by atoms with van der Waals surface area (Å²) in [5.74, 6) is 0.265. The van der Waals surface area contributed by atoms with Crippen LogP contribution in [0.15, 0.2) is 33.6 Å². The Labute approximate surface area is 85.5 Å². The SMILES string of the molecule is ONC(O)c1cc2ccc(S)cc2o1. The van der Waals surface area contributed by atoms with Crippen molar-refractivity contribution in [2.45, 2.75) is 11.1 Å². The van der Waals surface area contributed by atoms with Gasteiger partial charge >= 0.3 is 0 Å². The third kappa shape index (κ3) is 1.62. The number of furan rings is 1. The molecule has 1 unspecified atom stereocenters. The first kappa shape index (κ1) is 9.54. The Kier molecular flexibility index (Phi) is 2.47. The summed E-state index contributed by atoms with van der Waals surface area (Å²) in [5.41, 5.74) is 2.33. The lowest BCUT2D eigenvalue weighted by Crippen LogP contribution is -2.14. The number of nitrogens with one attached hydrogen (secondary N) is 1. The van der Waals surface area contributed by atoms with E-state index in [1.807, 2.05) is 12.1 Å². The summed E-state index contributed by atoms with van der Waals surface area (Å²) in [5, 5.41) is 18.6. The minimum atomic E-state index is -1.20. The second-order valence-corrected chi connectivity index (χ2v) is 3.42. The summed E-state index contributed by atoms with van der Waals surface area (Å²) in [6.45, 7) is 0. The molecule has 1 aromatic carbocycles. The van der Waals surface area contributed by atoms with Crippen LogP contribution in [0.3, 0.4) is 0 Å². The van der Waals surface area contributed by atoms with Crippen LogP contribution in [0.2, 0.25) is 0 Å². The van der Waals surface area contributed by atoms with Crippen LogP contribution in [0.5, 0.6) is 0 Å². The highest BCUT2D eigenvalue weighted by atomic mass is 32.1. The fraction of sp³-hybridized carbons (Fsp3) is 0.111. The van der Waals surface area contributed by atoms with Crippen molar-refractivity contribution >= 4 is 23.6 Å². The van der Waals surface area contributed by atoms with Gasteiger partial charge in [-0.15, -0.1) is 12.6 Å². The normalized spacial score (nSPS) is 13.4. The van der Waals surface area contributed by atoms with Crippen LogP contribution >= 0.6 is 12.6 Å². The number of aliphatic hydroxyl groups is 1. The molecule has 0 saturated carbocycles. The number of benzene rings is 1. The van der Waals surface area contributed by atoms with E-state index < -0.39 is 6.23 Å². The molecule has 0 spiro atoms.